The van der Waals surface area contributed by atoms with Crippen LogP contribution < -0.4 is 9.47 Å². The normalized spacial score (nSPS) is 25.2. The molecule has 4 rings (SSSR count). The molecule has 0 bridgehead atoms. The van der Waals surface area contributed by atoms with E-state index in [2.05, 4.69) is 0 Å². The first kappa shape index (κ1) is 16.6. The van der Waals surface area contributed by atoms with E-state index in [9.17, 15) is 4.79 Å². The highest BCUT2D eigenvalue weighted by Crippen LogP contribution is 2.37. The van der Waals surface area contributed by atoms with Crippen molar-refractivity contribution in [2.24, 2.45) is 0 Å². The highest BCUT2D eigenvalue weighted by atomic mass is 32.1. The molecule has 3 heterocycles. The molecule has 2 fully saturated rings. The summed E-state index contributed by atoms with van der Waals surface area (Å²) < 4.78 is 16.5. The summed E-state index contributed by atoms with van der Waals surface area (Å²) in [4.78, 5) is 16.7. The molecule has 0 spiro atoms. The lowest BCUT2D eigenvalue weighted by Crippen LogP contribution is -2.40. The molecule has 2 unspecified atom stereocenters. The number of carbonyl (C=O) groups is 1. The molecule has 25 heavy (non-hydrogen) atoms. The number of benzene rings is 1. The molecule has 1 amide bonds. The van der Waals surface area contributed by atoms with Gasteiger partial charge in [-0.05, 0) is 48.3 Å². The van der Waals surface area contributed by atoms with E-state index in [1.807, 2.05) is 17.0 Å². The first-order valence-electron chi connectivity index (χ1n) is 8.59. The molecule has 3 aliphatic rings. The van der Waals surface area contributed by atoms with Crippen molar-refractivity contribution in [3.63, 3.8) is 0 Å². The summed E-state index contributed by atoms with van der Waals surface area (Å²) in [5, 5.41) is 0.617. The Labute approximate surface area is 152 Å². The summed E-state index contributed by atoms with van der Waals surface area (Å²) >= 11 is 5.61. The Hall–Kier alpha value is -1.86. The van der Waals surface area contributed by atoms with Gasteiger partial charge in [-0.3, -0.25) is 9.69 Å². The van der Waals surface area contributed by atoms with E-state index in [0.717, 1.165) is 30.6 Å². The minimum Gasteiger partial charge on any atom is -0.493 e. The van der Waals surface area contributed by atoms with Crippen LogP contribution in [0.4, 0.5) is 0 Å². The summed E-state index contributed by atoms with van der Waals surface area (Å²) in [6.45, 7) is 1.96. The lowest BCUT2D eigenvalue weighted by Gasteiger charge is -2.31. The second-order valence-electron chi connectivity index (χ2n) is 6.69. The maximum absolute atomic E-state index is 12.9. The molecule has 3 aliphatic heterocycles. The fourth-order valence-electron chi connectivity index (χ4n) is 3.92. The van der Waals surface area contributed by atoms with E-state index in [0.29, 0.717) is 36.1 Å². The fourth-order valence-corrected chi connectivity index (χ4v) is 4.28. The zero-order valence-electron chi connectivity index (χ0n) is 14.5. The van der Waals surface area contributed by atoms with Crippen molar-refractivity contribution in [2.45, 2.75) is 38.0 Å². The number of carbonyl (C=O) groups excluding carboxylic acids is 1. The van der Waals surface area contributed by atoms with E-state index in [1.165, 1.54) is 0 Å². The quantitative estimate of drug-likeness (QED) is 0.761. The second-order valence-corrected chi connectivity index (χ2v) is 7.06. The van der Waals surface area contributed by atoms with E-state index in [-0.39, 0.29) is 18.1 Å². The molecule has 6 nitrogen and oxygen atoms in total. The molecule has 0 radical (unpaired) electrons. The van der Waals surface area contributed by atoms with E-state index in [1.54, 1.807) is 19.1 Å². The standard InChI is InChI=1S/C18H22N2O4S/c1-22-15-7-11-6-14-17(21)20(10-13-4-3-5-24-13)18(25)19(14)9-12(11)8-16(15)23-2/h7-8,13-14H,3-6,9-10H2,1-2H3. The highest BCUT2D eigenvalue weighted by Gasteiger charge is 2.45. The number of ether oxygens (including phenoxy) is 3. The van der Waals surface area contributed by atoms with Gasteiger partial charge in [0.05, 0.1) is 26.9 Å². The van der Waals surface area contributed by atoms with Crippen LogP contribution in [0.5, 0.6) is 11.5 Å². The van der Waals surface area contributed by atoms with E-state index in [4.69, 9.17) is 26.4 Å². The monoisotopic (exact) mass is 362 g/mol. The molecule has 0 N–H and O–H groups in total. The van der Waals surface area contributed by atoms with Crippen LogP contribution in [0.2, 0.25) is 0 Å². The van der Waals surface area contributed by atoms with Gasteiger partial charge in [0.2, 0.25) is 0 Å². The summed E-state index contributed by atoms with van der Waals surface area (Å²) in [5.74, 6) is 1.48. The van der Waals surface area contributed by atoms with Gasteiger partial charge >= 0.3 is 0 Å². The predicted molar refractivity (Wildman–Crippen MR) is 95.9 cm³/mol. The zero-order chi connectivity index (χ0) is 17.6. The molecule has 2 atom stereocenters. The average molecular weight is 362 g/mol. The van der Waals surface area contributed by atoms with Crippen LogP contribution in [0.1, 0.15) is 24.0 Å². The Morgan fingerprint density at radius 2 is 1.96 bits per heavy atom. The SMILES string of the molecule is COc1cc2c(cc1OC)CN1C(=S)N(CC3CCCO3)C(=O)C1C2. The van der Waals surface area contributed by atoms with Crippen molar-refractivity contribution >= 4 is 23.2 Å². The van der Waals surface area contributed by atoms with Gasteiger partial charge in [0, 0.05) is 19.6 Å². The number of rotatable bonds is 4. The third-order valence-corrected chi connectivity index (χ3v) is 5.73. The third-order valence-electron chi connectivity index (χ3n) is 5.27. The van der Waals surface area contributed by atoms with Crippen molar-refractivity contribution in [3.05, 3.63) is 23.3 Å². The van der Waals surface area contributed by atoms with Crippen LogP contribution in [0.3, 0.4) is 0 Å². The molecule has 2 saturated heterocycles. The lowest BCUT2D eigenvalue weighted by molar-refractivity contribution is -0.129. The molecule has 134 valence electrons. The Morgan fingerprint density at radius 3 is 2.60 bits per heavy atom. The van der Waals surface area contributed by atoms with Crippen LogP contribution in [0, 0.1) is 0 Å². The first-order chi connectivity index (χ1) is 12.1. The number of hydrogen-bond donors (Lipinski definition) is 0. The molecule has 1 aromatic rings. The molecule has 1 aromatic carbocycles. The molecular weight excluding hydrogens is 340 g/mol. The van der Waals surface area contributed by atoms with Crippen molar-refractivity contribution in [1.82, 2.24) is 9.80 Å². The first-order valence-corrected chi connectivity index (χ1v) is 9.00. The van der Waals surface area contributed by atoms with Crippen LogP contribution in [0.15, 0.2) is 12.1 Å². The van der Waals surface area contributed by atoms with Crippen molar-refractivity contribution in [2.75, 3.05) is 27.4 Å². The van der Waals surface area contributed by atoms with Crippen LogP contribution >= 0.6 is 12.2 Å². The van der Waals surface area contributed by atoms with Gasteiger partial charge in [0.15, 0.2) is 16.6 Å². The largest absolute Gasteiger partial charge is 0.493 e. The minimum absolute atomic E-state index is 0.0842. The second kappa shape index (κ2) is 6.46. The topological polar surface area (TPSA) is 51.2 Å². The van der Waals surface area contributed by atoms with Crippen LogP contribution in [-0.4, -0.2) is 60.3 Å². The lowest BCUT2D eigenvalue weighted by atomic mass is 9.94. The molecular formula is C18H22N2O4S. The highest BCUT2D eigenvalue weighted by molar-refractivity contribution is 7.80. The molecule has 0 saturated carbocycles. The molecule has 0 aromatic heterocycles. The van der Waals surface area contributed by atoms with E-state index >= 15 is 0 Å². The number of fused-ring (bicyclic) bond motifs is 2. The number of hydrogen-bond acceptors (Lipinski definition) is 5. The Balaban J connectivity index is 1.59. The van der Waals surface area contributed by atoms with Gasteiger partial charge in [-0.15, -0.1) is 0 Å². The summed E-state index contributed by atoms with van der Waals surface area (Å²) in [6, 6.07) is 3.74. The third kappa shape index (κ3) is 2.75. The average Bonchev–Trinajstić information content (AvgIpc) is 3.22. The maximum atomic E-state index is 12.9. The van der Waals surface area contributed by atoms with Gasteiger partial charge in [-0.25, -0.2) is 0 Å². The maximum Gasteiger partial charge on any atom is 0.251 e. The van der Waals surface area contributed by atoms with Gasteiger partial charge in [-0.2, -0.15) is 0 Å². The zero-order valence-corrected chi connectivity index (χ0v) is 15.3. The Morgan fingerprint density at radius 1 is 1.24 bits per heavy atom. The number of methoxy groups -OCH3 is 2. The van der Waals surface area contributed by atoms with Gasteiger partial charge < -0.3 is 19.1 Å². The predicted octanol–water partition coefficient (Wildman–Crippen LogP) is 1.74. The van der Waals surface area contributed by atoms with Gasteiger partial charge in [0.25, 0.3) is 5.91 Å². The summed E-state index contributed by atoms with van der Waals surface area (Å²) in [6.07, 6.45) is 2.78. The smallest absolute Gasteiger partial charge is 0.251 e. The van der Waals surface area contributed by atoms with Crippen LogP contribution in [-0.2, 0) is 22.5 Å². The fraction of sp³-hybridized carbons (Fsp3) is 0.556. The van der Waals surface area contributed by atoms with Crippen LogP contribution in [0.25, 0.3) is 0 Å². The Bertz CT molecular complexity index is 666. The van der Waals surface area contributed by atoms with Gasteiger partial charge in [-0.1, -0.05) is 0 Å². The molecule has 0 aliphatic carbocycles. The van der Waals surface area contributed by atoms with Crippen molar-refractivity contribution < 1.29 is 19.0 Å². The molecule has 7 heteroatoms. The summed E-state index contributed by atoms with van der Waals surface area (Å²) in [7, 11) is 3.25. The number of thiocarbonyl (C=S) groups is 1. The summed E-state index contributed by atoms with van der Waals surface area (Å²) in [5.41, 5.74) is 2.25. The van der Waals surface area contributed by atoms with Crippen molar-refractivity contribution in [1.29, 1.82) is 0 Å². The van der Waals surface area contributed by atoms with Gasteiger partial charge in [0.1, 0.15) is 6.04 Å². The van der Waals surface area contributed by atoms with Crippen molar-refractivity contribution in [3.8, 4) is 11.5 Å². The number of nitrogens with zero attached hydrogens (tertiary/aromatic N) is 2. The minimum atomic E-state index is -0.223. The number of amides is 1. The van der Waals surface area contributed by atoms with E-state index < -0.39 is 0 Å². The Kier molecular flexibility index (Phi) is 4.29.